The van der Waals surface area contributed by atoms with Crippen molar-refractivity contribution < 1.29 is 34.6 Å². The largest absolute Gasteiger partial charge is 0.453 e. The van der Waals surface area contributed by atoms with E-state index in [-0.39, 0.29) is 6.79 Å². The fourth-order valence-corrected chi connectivity index (χ4v) is 5.48. The summed E-state index contributed by atoms with van der Waals surface area (Å²) in [5, 5.41) is 42.0. The average molecular weight is 465 g/mol. The predicted molar refractivity (Wildman–Crippen MR) is 115 cm³/mol. The summed E-state index contributed by atoms with van der Waals surface area (Å²) >= 11 is 8.29. The molecule has 0 aliphatic carbocycles. The highest BCUT2D eigenvalue weighted by Gasteiger charge is 2.46. The molecule has 1 saturated heterocycles. The van der Waals surface area contributed by atoms with Crippen LogP contribution in [-0.4, -0.2) is 58.2 Å². The summed E-state index contributed by atoms with van der Waals surface area (Å²) in [6.07, 6.45) is -5.89. The number of halogens is 1. The summed E-state index contributed by atoms with van der Waals surface area (Å²) in [6, 6.07) is 12.0. The van der Waals surface area contributed by atoms with E-state index in [1.807, 2.05) is 12.1 Å². The molecule has 3 aromatic rings. The average Bonchev–Trinajstić information content (AvgIpc) is 3.42. The van der Waals surface area contributed by atoms with Crippen LogP contribution in [-0.2, 0) is 11.2 Å². The standard InChI is InChI=1S/C22H21ClO7S/c23-16-11(6-12-5-10-3-1-2-4-15(10)31-12)7-13(21-22(16)29-9-28-21)20-19(27)18(26)17(25)14(8-24)30-20/h1-5,7,14,17-20,24-27H,6,8-9H2/t14-,17+,18+,19+,20+/m1/s1. The first-order valence-corrected chi connectivity index (χ1v) is 11.1. The molecular weight excluding hydrogens is 444 g/mol. The van der Waals surface area contributed by atoms with Crippen molar-refractivity contribution in [2.75, 3.05) is 13.4 Å². The highest BCUT2D eigenvalue weighted by molar-refractivity contribution is 7.19. The number of rotatable bonds is 4. The zero-order valence-electron chi connectivity index (χ0n) is 16.3. The van der Waals surface area contributed by atoms with Gasteiger partial charge >= 0.3 is 0 Å². The van der Waals surface area contributed by atoms with Crippen molar-refractivity contribution in [3.8, 4) is 11.5 Å². The summed E-state index contributed by atoms with van der Waals surface area (Å²) in [4.78, 5) is 1.10. The Morgan fingerprint density at radius 1 is 1.00 bits per heavy atom. The van der Waals surface area contributed by atoms with Crippen LogP contribution in [0, 0.1) is 0 Å². The number of aliphatic hydroxyl groups is 4. The van der Waals surface area contributed by atoms with Crippen molar-refractivity contribution in [2.24, 2.45) is 0 Å². The van der Waals surface area contributed by atoms with Gasteiger partial charge in [0, 0.05) is 21.6 Å². The molecule has 0 unspecified atom stereocenters. The molecule has 1 fully saturated rings. The lowest BCUT2D eigenvalue weighted by atomic mass is 9.89. The summed E-state index contributed by atoms with van der Waals surface area (Å²) in [6.45, 7) is -0.547. The molecule has 1 aromatic heterocycles. The van der Waals surface area contributed by atoms with E-state index >= 15 is 0 Å². The van der Waals surface area contributed by atoms with Crippen molar-refractivity contribution in [1.82, 2.24) is 0 Å². The zero-order valence-corrected chi connectivity index (χ0v) is 17.8. The van der Waals surface area contributed by atoms with E-state index in [9.17, 15) is 20.4 Å². The first-order valence-electron chi connectivity index (χ1n) is 9.86. The zero-order chi connectivity index (χ0) is 21.7. The van der Waals surface area contributed by atoms with E-state index < -0.39 is 37.1 Å². The van der Waals surface area contributed by atoms with Gasteiger partial charge in [-0.1, -0.05) is 29.8 Å². The quantitative estimate of drug-likeness (QED) is 0.469. The predicted octanol–water partition coefficient (Wildman–Crippen LogP) is 2.39. The SMILES string of the molecule is OC[C@H]1O[C@@H](c2cc(Cc3cc4ccccc4s3)c(Cl)c3c2OCO3)[C@@H](O)[C@@H](O)[C@H]1O. The third kappa shape index (κ3) is 3.58. The first-order chi connectivity index (χ1) is 15.0. The Morgan fingerprint density at radius 3 is 2.55 bits per heavy atom. The highest BCUT2D eigenvalue weighted by atomic mass is 35.5. The van der Waals surface area contributed by atoms with Crippen LogP contribution in [0.5, 0.6) is 11.5 Å². The van der Waals surface area contributed by atoms with Crippen molar-refractivity contribution in [3.05, 3.63) is 57.4 Å². The number of benzene rings is 2. The molecule has 0 bridgehead atoms. The van der Waals surface area contributed by atoms with Gasteiger partial charge in [0.2, 0.25) is 6.79 Å². The molecule has 0 spiro atoms. The molecule has 164 valence electrons. The van der Waals surface area contributed by atoms with E-state index in [4.69, 9.17) is 25.8 Å². The van der Waals surface area contributed by atoms with Crippen LogP contribution in [0.25, 0.3) is 10.1 Å². The summed E-state index contributed by atoms with van der Waals surface area (Å²) in [7, 11) is 0. The van der Waals surface area contributed by atoms with E-state index in [2.05, 4.69) is 18.2 Å². The smallest absolute Gasteiger partial charge is 0.231 e. The van der Waals surface area contributed by atoms with Gasteiger partial charge in [-0.25, -0.2) is 0 Å². The molecule has 5 rings (SSSR count). The van der Waals surface area contributed by atoms with Crippen LogP contribution in [0.3, 0.4) is 0 Å². The Balaban J connectivity index is 1.56. The number of ether oxygens (including phenoxy) is 3. The Kier molecular flexibility index (Phi) is 5.56. The van der Waals surface area contributed by atoms with Crippen LogP contribution in [0.2, 0.25) is 5.02 Å². The maximum absolute atomic E-state index is 10.6. The molecule has 4 N–H and O–H groups in total. The van der Waals surface area contributed by atoms with Gasteiger partial charge in [-0.15, -0.1) is 11.3 Å². The molecule has 9 heteroatoms. The van der Waals surface area contributed by atoms with Gasteiger partial charge in [0.05, 0.1) is 11.6 Å². The molecule has 31 heavy (non-hydrogen) atoms. The second-order valence-corrected chi connectivity index (χ2v) is 9.23. The summed E-state index contributed by atoms with van der Waals surface area (Å²) in [5.41, 5.74) is 1.20. The topological polar surface area (TPSA) is 109 Å². The molecule has 5 atom stereocenters. The normalized spacial score (nSPS) is 27.7. The lowest BCUT2D eigenvalue weighted by Crippen LogP contribution is -2.55. The number of hydrogen-bond donors (Lipinski definition) is 4. The monoisotopic (exact) mass is 464 g/mol. The molecule has 0 radical (unpaired) electrons. The Hall–Kier alpha value is -1.91. The van der Waals surface area contributed by atoms with Crippen LogP contribution in [0.1, 0.15) is 22.1 Å². The number of thiophene rings is 1. The molecule has 0 amide bonds. The Morgan fingerprint density at radius 2 is 1.77 bits per heavy atom. The van der Waals surface area contributed by atoms with Gasteiger partial charge in [-0.3, -0.25) is 0 Å². The lowest BCUT2D eigenvalue weighted by molar-refractivity contribution is -0.232. The van der Waals surface area contributed by atoms with E-state index in [0.29, 0.717) is 28.5 Å². The maximum Gasteiger partial charge on any atom is 0.231 e. The van der Waals surface area contributed by atoms with Gasteiger partial charge < -0.3 is 34.6 Å². The van der Waals surface area contributed by atoms with Crippen molar-refractivity contribution in [3.63, 3.8) is 0 Å². The third-order valence-electron chi connectivity index (χ3n) is 5.73. The highest BCUT2D eigenvalue weighted by Crippen LogP contribution is 2.49. The number of hydrogen-bond acceptors (Lipinski definition) is 8. The van der Waals surface area contributed by atoms with Crippen molar-refractivity contribution >= 4 is 33.0 Å². The third-order valence-corrected chi connectivity index (χ3v) is 7.26. The second-order valence-electron chi connectivity index (χ2n) is 7.68. The molecule has 2 aromatic carbocycles. The van der Waals surface area contributed by atoms with E-state index in [0.717, 1.165) is 15.8 Å². The molecule has 3 heterocycles. The summed E-state index contributed by atoms with van der Waals surface area (Å²) in [5.74, 6) is 0.682. The van der Waals surface area contributed by atoms with E-state index in [1.54, 1.807) is 17.4 Å². The van der Waals surface area contributed by atoms with Gasteiger partial charge in [0.25, 0.3) is 0 Å². The Bertz CT molecular complexity index is 1080. The molecule has 0 saturated carbocycles. The van der Waals surface area contributed by atoms with E-state index in [1.165, 1.54) is 4.70 Å². The first kappa shape index (κ1) is 21.0. The van der Waals surface area contributed by atoms with Crippen LogP contribution < -0.4 is 9.47 Å². The molecular formula is C22H21ClO7S. The molecule has 2 aliphatic heterocycles. The van der Waals surface area contributed by atoms with Gasteiger partial charge in [-0.2, -0.15) is 0 Å². The maximum atomic E-state index is 10.6. The fourth-order valence-electron chi connectivity index (χ4n) is 4.13. The minimum Gasteiger partial charge on any atom is -0.453 e. The van der Waals surface area contributed by atoms with Gasteiger partial charge in [0.15, 0.2) is 11.5 Å². The number of fused-ring (bicyclic) bond motifs is 2. The molecule has 2 aliphatic rings. The fraction of sp³-hybridized carbons (Fsp3) is 0.364. The van der Waals surface area contributed by atoms with Crippen LogP contribution >= 0.6 is 22.9 Å². The minimum atomic E-state index is -1.49. The minimum absolute atomic E-state index is 0.0359. The van der Waals surface area contributed by atoms with Crippen LogP contribution in [0.4, 0.5) is 0 Å². The van der Waals surface area contributed by atoms with Crippen LogP contribution in [0.15, 0.2) is 36.4 Å². The Labute approximate surface area is 187 Å². The lowest BCUT2D eigenvalue weighted by Gasteiger charge is -2.40. The second kappa shape index (κ2) is 8.22. The van der Waals surface area contributed by atoms with Gasteiger partial charge in [-0.05, 0) is 29.1 Å². The van der Waals surface area contributed by atoms with Gasteiger partial charge in [0.1, 0.15) is 30.5 Å². The summed E-state index contributed by atoms with van der Waals surface area (Å²) < 4.78 is 18.1. The van der Waals surface area contributed by atoms with Crippen molar-refractivity contribution in [2.45, 2.75) is 36.9 Å². The molecule has 7 nitrogen and oxygen atoms in total. The number of aliphatic hydroxyl groups excluding tert-OH is 4. The van der Waals surface area contributed by atoms with Crippen molar-refractivity contribution in [1.29, 1.82) is 0 Å².